The van der Waals surface area contributed by atoms with Crippen LogP contribution in [0.2, 0.25) is 5.02 Å². The number of pyridine rings is 1. The Balaban J connectivity index is 2.45. The molecule has 0 saturated carbocycles. The van der Waals surface area contributed by atoms with Crippen LogP contribution in [0.5, 0.6) is 0 Å². The van der Waals surface area contributed by atoms with Gasteiger partial charge in [-0.2, -0.15) is 4.57 Å². The molecular formula is C22H25ClN2OS. The first kappa shape index (κ1) is 21.3. The third kappa shape index (κ3) is 5.24. The fourth-order valence-corrected chi connectivity index (χ4v) is 3.61. The van der Waals surface area contributed by atoms with Gasteiger partial charge in [-0.15, -0.1) is 6.58 Å². The smallest absolute Gasteiger partial charge is 0.237 e. The number of carbonyl (C=O) groups is 1. The van der Waals surface area contributed by atoms with E-state index in [0.717, 1.165) is 12.8 Å². The maximum Gasteiger partial charge on any atom is 0.237 e. The van der Waals surface area contributed by atoms with Gasteiger partial charge in [-0.3, -0.25) is 4.79 Å². The fraction of sp³-hybridized carbons (Fsp3) is 0.318. The number of ketones is 1. The lowest BCUT2D eigenvalue weighted by Gasteiger charge is -2.19. The summed E-state index contributed by atoms with van der Waals surface area (Å²) >= 11 is 11.7. The van der Waals surface area contributed by atoms with Crippen molar-refractivity contribution in [2.75, 3.05) is 6.54 Å². The number of aliphatic imine (C=N–C) groups is 1. The van der Waals surface area contributed by atoms with Crippen molar-refractivity contribution >= 4 is 35.1 Å². The maximum atomic E-state index is 13.2. The fourth-order valence-electron chi connectivity index (χ4n) is 3.08. The van der Waals surface area contributed by atoms with Gasteiger partial charge in [-0.05, 0) is 41.5 Å². The molecule has 1 atom stereocenters. The minimum Gasteiger partial charge on any atom is -0.758 e. The van der Waals surface area contributed by atoms with Crippen LogP contribution in [0.3, 0.4) is 0 Å². The summed E-state index contributed by atoms with van der Waals surface area (Å²) in [4.78, 5) is 17.5. The van der Waals surface area contributed by atoms with Crippen molar-refractivity contribution in [2.24, 2.45) is 4.99 Å². The predicted octanol–water partition coefficient (Wildman–Crippen LogP) is 5.09. The van der Waals surface area contributed by atoms with E-state index in [1.165, 1.54) is 5.56 Å². The van der Waals surface area contributed by atoms with Gasteiger partial charge >= 0.3 is 0 Å². The number of carbonyl (C=O) groups excluding carboxylic acids is 1. The standard InChI is InChI=1S/C22H25ClN2OS/c1-4-13-24-22(27)20(21(26)18-9-7-8-10-19(18)23)25-14-11-17(12-15-25)16(5-2)6-3/h4,7-12,14-16,20H,1,5-6,13H2,2-3H3/t20-/m1/s1. The van der Waals surface area contributed by atoms with E-state index in [4.69, 9.17) is 24.2 Å². The van der Waals surface area contributed by atoms with Gasteiger partial charge in [-0.25, -0.2) is 0 Å². The molecule has 142 valence electrons. The zero-order chi connectivity index (χ0) is 19.8. The molecule has 2 aromatic rings. The third-order valence-corrected chi connectivity index (χ3v) is 5.31. The van der Waals surface area contributed by atoms with E-state index in [1.807, 2.05) is 17.0 Å². The highest BCUT2D eigenvalue weighted by Gasteiger charge is 2.29. The van der Waals surface area contributed by atoms with Crippen LogP contribution in [0.1, 0.15) is 54.6 Å². The number of hydrogen-bond donors (Lipinski definition) is 0. The molecule has 0 spiro atoms. The van der Waals surface area contributed by atoms with E-state index in [9.17, 15) is 4.79 Å². The van der Waals surface area contributed by atoms with Crippen molar-refractivity contribution in [3.8, 4) is 0 Å². The Morgan fingerprint density at radius 3 is 2.41 bits per heavy atom. The summed E-state index contributed by atoms with van der Waals surface area (Å²) in [6.07, 6.45) is 7.63. The first-order chi connectivity index (χ1) is 13.0. The van der Waals surface area contributed by atoms with Gasteiger partial charge in [0.05, 0.1) is 11.6 Å². The monoisotopic (exact) mass is 400 g/mol. The van der Waals surface area contributed by atoms with Crippen LogP contribution in [0.25, 0.3) is 0 Å². The van der Waals surface area contributed by atoms with Gasteiger partial charge in [0, 0.05) is 17.7 Å². The highest BCUT2D eigenvalue weighted by Crippen LogP contribution is 2.23. The summed E-state index contributed by atoms with van der Waals surface area (Å²) in [7, 11) is 0. The topological polar surface area (TPSA) is 33.3 Å². The zero-order valence-corrected chi connectivity index (χ0v) is 17.3. The Bertz CT molecular complexity index is 813. The summed E-state index contributed by atoms with van der Waals surface area (Å²) in [5.74, 6) is 0.341. The van der Waals surface area contributed by atoms with E-state index in [0.29, 0.717) is 28.1 Å². The van der Waals surface area contributed by atoms with Crippen LogP contribution in [-0.4, -0.2) is 17.4 Å². The molecule has 0 radical (unpaired) electrons. The molecular weight excluding hydrogens is 376 g/mol. The highest BCUT2D eigenvalue weighted by atomic mass is 35.5. The van der Waals surface area contributed by atoms with E-state index in [2.05, 4.69) is 37.6 Å². The highest BCUT2D eigenvalue weighted by molar-refractivity contribution is 7.77. The van der Waals surface area contributed by atoms with E-state index in [1.54, 1.807) is 30.3 Å². The largest absolute Gasteiger partial charge is 0.758 e. The summed E-state index contributed by atoms with van der Waals surface area (Å²) in [6.45, 7) is 8.40. The summed E-state index contributed by atoms with van der Waals surface area (Å²) < 4.78 is 1.81. The van der Waals surface area contributed by atoms with Crippen molar-refractivity contribution in [1.29, 1.82) is 0 Å². The van der Waals surface area contributed by atoms with Gasteiger partial charge in [-0.1, -0.05) is 43.7 Å². The average Bonchev–Trinajstić information content (AvgIpc) is 2.69. The second kappa shape index (κ2) is 10.3. The van der Waals surface area contributed by atoms with Crippen LogP contribution in [0.15, 0.2) is 66.4 Å². The molecule has 1 heterocycles. The molecule has 0 aliphatic heterocycles. The van der Waals surface area contributed by atoms with E-state index >= 15 is 0 Å². The lowest BCUT2D eigenvalue weighted by Crippen LogP contribution is -2.47. The number of hydrogen-bond acceptors (Lipinski definition) is 3. The molecule has 1 aromatic carbocycles. The van der Waals surface area contributed by atoms with E-state index < -0.39 is 6.04 Å². The molecule has 0 N–H and O–H groups in total. The first-order valence-electron chi connectivity index (χ1n) is 9.15. The van der Waals surface area contributed by atoms with Crippen LogP contribution in [-0.2, 0) is 12.6 Å². The van der Waals surface area contributed by atoms with Crippen molar-refractivity contribution in [3.63, 3.8) is 0 Å². The molecule has 27 heavy (non-hydrogen) atoms. The number of nitrogens with zero attached hydrogens (tertiary/aromatic N) is 2. The number of rotatable bonds is 9. The normalized spacial score (nSPS) is 12.8. The second-order valence-electron chi connectivity index (χ2n) is 6.31. The molecule has 0 unspecified atom stereocenters. The molecule has 5 heteroatoms. The predicted molar refractivity (Wildman–Crippen MR) is 115 cm³/mol. The molecule has 0 bridgehead atoms. The van der Waals surface area contributed by atoms with Crippen molar-refractivity contribution < 1.29 is 9.36 Å². The summed E-state index contributed by atoms with van der Waals surface area (Å²) in [5.41, 5.74) is 1.70. The number of Topliss-reactive ketones (excluding diaryl/α,β-unsaturated/α-hetero) is 1. The molecule has 0 amide bonds. The van der Waals surface area contributed by atoms with Gasteiger partial charge in [0.25, 0.3) is 0 Å². The second-order valence-corrected chi connectivity index (χ2v) is 7.13. The molecule has 0 aliphatic carbocycles. The molecule has 0 saturated heterocycles. The number of halogens is 1. The van der Waals surface area contributed by atoms with Crippen molar-refractivity contribution in [1.82, 2.24) is 0 Å². The Labute approximate surface area is 172 Å². The van der Waals surface area contributed by atoms with Crippen molar-refractivity contribution in [2.45, 2.75) is 38.6 Å². The lowest BCUT2D eigenvalue weighted by molar-refractivity contribution is -0.692. The SMILES string of the molecule is C=CCN=C([S-])[C@@H](C(=O)c1ccccc1Cl)[n+]1ccc(C(CC)CC)cc1. The quantitative estimate of drug-likeness (QED) is 0.147. The Morgan fingerprint density at radius 1 is 1.22 bits per heavy atom. The van der Waals surface area contributed by atoms with Crippen LogP contribution in [0, 0.1) is 0 Å². The minimum absolute atomic E-state index is 0.168. The summed E-state index contributed by atoms with van der Waals surface area (Å²) in [5, 5.41) is 0.730. The molecule has 1 aromatic heterocycles. The minimum atomic E-state index is -0.712. The Morgan fingerprint density at radius 2 is 1.85 bits per heavy atom. The van der Waals surface area contributed by atoms with Crippen LogP contribution >= 0.6 is 11.6 Å². The molecule has 0 fully saturated rings. The first-order valence-corrected chi connectivity index (χ1v) is 9.93. The zero-order valence-electron chi connectivity index (χ0n) is 15.8. The molecule has 2 rings (SSSR count). The van der Waals surface area contributed by atoms with Gasteiger partial charge in [0.2, 0.25) is 11.8 Å². The maximum absolute atomic E-state index is 13.2. The molecule has 3 nitrogen and oxygen atoms in total. The van der Waals surface area contributed by atoms with Gasteiger partial charge in [0.15, 0.2) is 12.4 Å². The van der Waals surface area contributed by atoms with Crippen LogP contribution < -0.4 is 4.57 Å². The average molecular weight is 401 g/mol. The lowest BCUT2D eigenvalue weighted by atomic mass is 9.95. The number of benzene rings is 1. The Hall–Kier alpha value is -2.04. The van der Waals surface area contributed by atoms with E-state index in [-0.39, 0.29) is 5.78 Å². The third-order valence-electron chi connectivity index (χ3n) is 4.63. The molecule has 0 aliphatic rings. The van der Waals surface area contributed by atoms with Gasteiger partial charge in [0.1, 0.15) is 0 Å². The van der Waals surface area contributed by atoms with Gasteiger partial charge < -0.3 is 17.6 Å². The summed E-state index contributed by atoms with van der Waals surface area (Å²) in [6, 6.07) is 10.4. The van der Waals surface area contributed by atoms with Crippen LogP contribution in [0.4, 0.5) is 0 Å². The number of aromatic nitrogens is 1. The Kier molecular flexibility index (Phi) is 8.14. The van der Waals surface area contributed by atoms with Crippen molar-refractivity contribution in [3.05, 3.63) is 77.6 Å².